The molecule has 0 unspecified atom stereocenters. The van der Waals surface area contributed by atoms with Gasteiger partial charge < -0.3 is 15.2 Å². The lowest BCUT2D eigenvalue weighted by atomic mass is 10.3. The maximum Gasteiger partial charge on any atom is 0.353 e. The van der Waals surface area contributed by atoms with E-state index in [1.54, 1.807) is 12.5 Å². The molecular weight excluding hydrogens is 377 g/mol. The molecule has 3 aromatic rings. The second-order valence-electron chi connectivity index (χ2n) is 5.51. The molecule has 0 fully saturated rings. The maximum atomic E-state index is 13.3. The Labute approximate surface area is 158 Å². The maximum absolute atomic E-state index is 13.3. The summed E-state index contributed by atoms with van der Waals surface area (Å²) >= 11 is 5.74. The third kappa shape index (κ3) is 4.67. The van der Waals surface area contributed by atoms with Crippen molar-refractivity contribution >= 4 is 34.6 Å². The predicted octanol–water partition coefficient (Wildman–Crippen LogP) is 3.62. The molecular formula is C16H15ClFN7O2. The first-order chi connectivity index (χ1) is 13.0. The number of halogens is 2. The van der Waals surface area contributed by atoms with Crippen LogP contribution in [0.4, 0.5) is 27.4 Å². The summed E-state index contributed by atoms with van der Waals surface area (Å²) in [6.45, 7) is 1.18. The molecule has 11 heteroatoms. The van der Waals surface area contributed by atoms with Crippen LogP contribution in [0.1, 0.15) is 6.42 Å². The summed E-state index contributed by atoms with van der Waals surface area (Å²) in [4.78, 5) is 22.8. The molecule has 0 bridgehead atoms. The number of aromatic nitrogens is 4. The smallest absolute Gasteiger partial charge is 0.353 e. The van der Waals surface area contributed by atoms with Crippen LogP contribution < -0.4 is 10.6 Å². The van der Waals surface area contributed by atoms with Crippen LogP contribution in [0.2, 0.25) is 5.02 Å². The highest BCUT2D eigenvalue weighted by Gasteiger charge is 2.23. The van der Waals surface area contributed by atoms with Crippen molar-refractivity contribution in [3.63, 3.8) is 0 Å². The molecule has 9 nitrogen and oxygen atoms in total. The standard InChI is InChI=1S/C16H15ClFN7O2/c17-12-8-11(2-3-13(12)18)23-16-14(25(26)27)15(21-9-22-16)20-4-1-6-24-7-5-19-10-24/h2-3,5,7-10H,1,4,6H2,(H2,20,21,22,23). The average Bonchev–Trinajstić information content (AvgIpc) is 3.15. The summed E-state index contributed by atoms with van der Waals surface area (Å²) in [5.74, 6) is -0.509. The summed E-state index contributed by atoms with van der Waals surface area (Å²) in [6.07, 6.45) is 7.14. The molecule has 0 aliphatic carbocycles. The van der Waals surface area contributed by atoms with E-state index in [2.05, 4.69) is 25.6 Å². The van der Waals surface area contributed by atoms with Crippen LogP contribution in [0.15, 0.2) is 43.2 Å². The van der Waals surface area contributed by atoms with E-state index >= 15 is 0 Å². The zero-order valence-electron chi connectivity index (χ0n) is 14.0. The van der Waals surface area contributed by atoms with Crippen molar-refractivity contribution in [2.75, 3.05) is 17.2 Å². The van der Waals surface area contributed by atoms with Crippen molar-refractivity contribution < 1.29 is 9.31 Å². The van der Waals surface area contributed by atoms with Gasteiger partial charge in [0.1, 0.15) is 12.1 Å². The van der Waals surface area contributed by atoms with E-state index in [1.807, 2.05) is 10.8 Å². The first kappa shape index (κ1) is 18.5. The lowest BCUT2D eigenvalue weighted by Crippen LogP contribution is -2.10. The zero-order valence-corrected chi connectivity index (χ0v) is 14.7. The van der Waals surface area contributed by atoms with Crippen LogP contribution in [0.5, 0.6) is 0 Å². The van der Waals surface area contributed by atoms with Crippen molar-refractivity contribution in [2.45, 2.75) is 13.0 Å². The van der Waals surface area contributed by atoms with Gasteiger partial charge in [-0.25, -0.2) is 19.3 Å². The topological polar surface area (TPSA) is 111 Å². The minimum atomic E-state index is -0.584. The Bertz CT molecular complexity index is 937. The number of imidazole rings is 1. The largest absolute Gasteiger partial charge is 0.364 e. The highest BCUT2D eigenvalue weighted by atomic mass is 35.5. The van der Waals surface area contributed by atoms with Crippen LogP contribution in [0.3, 0.4) is 0 Å². The van der Waals surface area contributed by atoms with E-state index in [0.717, 1.165) is 6.07 Å². The van der Waals surface area contributed by atoms with Crippen molar-refractivity contribution in [1.82, 2.24) is 19.5 Å². The van der Waals surface area contributed by atoms with E-state index in [9.17, 15) is 14.5 Å². The zero-order chi connectivity index (χ0) is 19.2. The number of hydrogen-bond acceptors (Lipinski definition) is 7. The molecule has 0 amide bonds. The molecule has 1 aromatic carbocycles. The number of nitrogens with zero attached hydrogens (tertiary/aromatic N) is 5. The van der Waals surface area contributed by atoms with Gasteiger partial charge in [0.05, 0.1) is 16.3 Å². The van der Waals surface area contributed by atoms with Gasteiger partial charge in [-0.05, 0) is 24.6 Å². The van der Waals surface area contributed by atoms with Crippen LogP contribution in [-0.4, -0.2) is 31.0 Å². The van der Waals surface area contributed by atoms with Gasteiger partial charge in [-0.3, -0.25) is 10.1 Å². The van der Waals surface area contributed by atoms with Gasteiger partial charge in [-0.15, -0.1) is 0 Å². The number of benzene rings is 1. The van der Waals surface area contributed by atoms with E-state index in [4.69, 9.17) is 11.6 Å². The van der Waals surface area contributed by atoms with E-state index in [1.165, 1.54) is 18.5 Å². The fourth-order valence-corrected chi connectivity index (χ4v) is 2.55. The van der Waals surface area contributed by atoms with Crippen molar-refractivity contribution in [2.24, 2.45) is 0 Å². The second-order valence-corrected chi connectivity index (χ2v) is 5.92. The minimum Gasteiger partial charge on any atom is -0.364 e. The lowest BCUT2D eigenvalue weighted by molar-refractivity contribution is -0.383. The Morgan fingerprint density at radius 2 is 2.11 bits per heavy atom. The fraction of sp³-hybridized carbons (Fsp3) is 0.188. The Kier molecular flexibility index (Phi) is 5.77. The van der Waals surface area contributed by atoms with E-state index in [0.29, 0.717) is 25.2 Å². The van der Waals surface area contributed by atoms with Crippen molar-refractivity contribution in [3.8, 4) is 0 Å². The summed E-state index contributed by atoms with van der Waals surface area (Å²) in [5.41, 5.74) is 0.0647. The fourth-order valence-electron chi connectivity index (χ4n) is 2.37. The van der Waals surface area contributed by atoms with Gasteiger partial charge in [0, 0.05) is 31.2 Å². The van der Waals surface area contributed by atoms with E-state index < -0.39 is 10.7 Å². The molecule has 3 rings (SSSR count). The van der Waals surface area contributed by atoms with Crippen LogP contribution in [-0.2, 0) is 6.54 Å². The van der Waals surface area contributed by atoms with E-state index in [-0.39, 0.29) is 22.3 Å². The molecule has 2 N–H and O–H groups in total. The van der Waals surface area contributed by atoms with Gasteiger partial charge in [0.2, 0.25) is 11.6 Å². The first-order valence-corrected chi connectivity index (χ1v) is 8.33. The number of aryl methyl sites for hydroxylation is 1. The Balaban J connectivity index is 1.73. The number of rotatable bonds is 8. The van der Waals surface area contributed by atoms with Gasteiger partial charge in [-0.1, -0.05) is 11.6 Å². The first-order valence-electron chi connectivity index (χ1n) is 7.95. The summed E-state index contributed by atoms with van der Waals surface area (Å²) < 4.78 is 15.2. The average molecular weight is 392 g/mol. The molecule has 0 aliphatic rings. The molecule has 140 valence electrons. The normalized spacial score (nSPS) is 10.6. The lowest BCUT2D eigenvalue weighted by Gasteiger charge is -2.10. The molecule has 2 heterocycles. The Morgan fingerprint density at radius 3 is 2.81 bits per heavy atom. The molecule has 2 aromatic heterocycles. The third-order valence-corrected chi connectivity index (χ3v) is 3.92. The SMILES string of the molecule is O=[N+]([O-])c1c(NCCCn2ccnc2)ncnc1Nc1ccc(F)c(Cl)c1. The summed E-state index contributed by atoms with van der Waals surface area (Å²) in [6, 6.07) is 3.89. The summed E-state index contributed by atoms with van der Waals surface area (Å²) in [7, 11) is 0. The molecule has 27 heavy (non-hydrogen) atoms. The number of nitro groups is 1. The van der Waals surface area contributed by atoms with Crippen LogP contribution in [0.25, 0.3) is 0 Å². The summed E-state index contributed by atoms with van der Waals surface area (Å²) in [5, 5.41) is 17.1. The number of anilines is 3. The highest BCUT2D eigenvalue weighted by Crippen LogP contribution is 2.32. The molecule has 0 radical (unpaired) electrons. The molecule has 0 saturated heterocycles. The quantitative estimate of drug-likeness (QED) is 0.342. The number of nitrogens with one attached hydrogen (secondary N) is 2. The molecule has 0 spiro atoms. The predicted molar refractivity (Wildman–Crippen MR) is 98.7 cm³/mol. The van der Waals surface area contributed by atoms with Gasteiger partial charge in [-0.2, -0.15) is 0 Å². The van der Waals surface area contributed by atoms with Crippen molar-refractivity contribution in [3.05, 3.63) is 64.2 Å². The Morgan fingerprint density at radius 1 is 1.30 bits per heavy atom. The number of hydrogen-bond donors (Lipinski definition) is 2. The Hall–Kier alpha value is -3.27. The van der Waals surface area contributed by atoms with Crippen LogP contribution >= 0.6 is 11.6 Å². The second kappa shape index (κ2) is 8.41. The van der Waals surface area contributed by atoms with Crippen molar-refractivity contribution in [1.29, 1.82) is 0 Å². The molecule has 0 atom stereocenters. The molecule has 0 aliphatic heterocycles. The molecule has 0 saturated carbocycles. The van der Waals surface area contributed by atoms with Crippen LogP contribution in [0, 0.1) is 15.9 Å². The third-order valence-electron chi connectivity index (χ3n) is 3.63. The monoisotopic (exact) mass is 391 g/mol. The van der Waals surface area contributed by atoms with Gasteiger partial charge in [0.15, 0.2) is 0 Å². The van der Waals surface area contributed by atoms with Gasteiger partial charge >= 0.3 is 5.69 Å². The minimum absolute atomic E-state index is 0.0187. The van der Waals surface area contributed by atoms with Gasteiger partial charge in [0.25, 0.3) is 0 Å². The highest BCUT2D eigenvalue weighted by molar-refractivity contribution is 6.31.